The van der Waals surface area contributed by atoms with E-state index in [-0.39, 0.29) is 11.7 Å². The van der Waals surface area contributed by atoms with Crippen LogP contribution in [0, 0.1) is 17.2 Å². The van der Waals surface area contributed by atoms with E-state index in [1.165, 1.54) is 17.0 Å². The van der Waals surface area contributed by atoms with Gasteiger partial charge < -0.3 is 9.67 Å². The van der Waals surface area contributed by atoms with Crippen LogP contribution in [0.25, 0.3) is 0 Å². The summed E-state index contributed by atoms with van der Waals surface area (Å²) in [5.74, 6) is -0.908. The van der Waals surface area contributed by atoms with Gasteiger partial charge in [-0.05, 0) is 5.92 Å². The molecule has 0 bridgehead atoms. The van der Waals surface area contributed by atoms with Crippen LogP contribution in [-0.4, -0.2) is 20.6 Å². The fourth-order valence-corrected chi connectivity index (χ4v) is 1.35. The summed E-state index contributed by atoms with van der Waals surface area (Å²) in [5, 5.41) is 17.7. The van der Waals surface area contributed by atoms with Crippen molar-refractivity contribution >= 4 is 5.97 Å². The Hall–Kier alpha value is -1.83. The molecule has 0 fully saturated rings. The second-order valence-electron chi connectivity index (χ2n) is 3.30. The Labute approximate surface area is 81.6 Å². The van der Waals surface area contributed by atoms with Gasteiger partial charge in [-0.3, -0.25) is 0 Å². The highest BCUT2D eigenvalue weighted by Gasteiger charge is 2.25. The molecule has 1 rings (SSSR count). The lowest BCUT2D eigenvalue weighted by Crippen LogP contribution is -2.24. The molecule has 1 N–H and O–H groups in total. The van der Waals surface area contributed by atoms with Crippen LogP contribution < -0.4 is 0 Å². The molecule has 0 saturated carbocycles. The van der Waals surface area contributed by atoms with Gasteiger partial charge in [0.2, 0.25) is 5.82 Å². The predicted octanol–water partition coefficient (Wildman–Crippen LogP) is 1.04. The van der Waals surface area contributed by atoms with Gasteiger partial charge in [-0.15, -0.1) is 0 Å². The van der Waals surface area contributed by atoms with E-state index < -0.39 is 12.0 Å². The summed E-state index contributed by atoms with van der Waals surface area (Å²) < 4.78 is 1.38. The van der Waals surface area contributed by atoms with Crippen molar-refractivity contribution in [3.8, 4) is 6.07 Å². The van der Waals surface area contributed by atoms with Crippen LogP contribution in [0.15, 0.2) is 12.4 Å². The van der Waals surface area contributed by atoms with Gasteiger partial charge >= 0.3 is 5.97 Å². The Balaban J connectivity index is 3.13. The van der Waals surface area contributed by atoms with Gasteiger partial charge in [0.25, 0.3) is 0 Å². The molecule has 1 atom stereocenters. The molecule has 0 aromatic carbocycles. The smallest absolute Gasteiger partial charge is 0.327 e. The van der Waals surface area contributed by atoms with Crippen molar-refractivity contribution in [2.45, 2.75) is 19.9 Å². The lowest BCUT2D eigenvalue weighted by molar-refractivity contribution is -0.142. The third-order valence-electron chi connectivity index (χ3n) is 1.95. The topological polar surface area (TPSA) is 78.9 Å². The van der Waals surface area contributed by atoms with Gasteiger partial charge in [0.05, 0.1) is 0 Å². The van der Waals surface area contributed by atoms with E-state index in [4.69, 9.17) is 10.4 Å². The number of carboxylic acid groups (broad SMARTS) is 1. The summed E-state index contributed by atoms with van der Waals surface area (Å²) in [6.07, 6.45) is 2.94. The van der Waals surface area contributed by atoms with Crippen molar-refractivity contribution in [3.63, 3.8) is 0 Å². The normalized spacial score (nSPS) is 12.4. The van der Waals surface area contributed by atoms with Crippen molar-refractivity contribution in [2.75, 3.05) is 0 Å². The number of imidazole rings is 1. The van der Waals surface area contributed by atoms with Crippen LogP contribution in [0.4, 0.5) is 0 Å². The summed E-state index contributed by atoms with van der Waals surface area (Å²) in [4.78, 5) is 14.7. The molecular formula is C9H11N3O2. The van der Waals surface area contributed by atoms with Crippen LogP contribution in [0.1, 0.15) is 25.7 Å². The molecule has 0 radical (unpaired) electrons. The highest BCUT2D eigenvalue weighted by molar-refractivity contribution is 5.72. The van der Waals surface area contributed by atoms with E-state index in [1.807, 2.05) is 6.07 Å². The first-order valence-corrected chi connectivity index (χ1v) is 4.23. The van der Waals surface area contributed by atoms with E-state index in [2.05, 4.69) is 4.98 Å². The lowest BCUT2D eigenvalue weighted by atomic mass is 10.0. The molecule has 0 aliphatic rings. The van der Waals surface area contributed by atoms with E-state index in [0.717, 1.165) is 0 Å². The first-order valence-electron chi connectivity index (χ1n) is 4.23. The predicted molar refractivity (Wildman–Crippen MR) is 48.5 cm³/mol. The fraction of sp³-hybridized carbons (Fsp3) is 0.444. The van der Waals surface area contributed by atoms with Crippen LogP contribution in [-0.2, 0) is 4.79 Å². The zero-order chi connectivity index (χ0) is 10.7. The number of nitrogens with zero attached hydrogens (tertiary/aromatic N) is 3. The quantitative estimate of drug-likeness (QED) is 0.777. The number of hydrogen-bond acceptors (Lipinski definition) is 3. The highest BCUT2D eigenvalue weighted by atomic mass is 16.4. The Morgan fingerprint density at radius 1 is 1.71 bits per heavy atom. The van der Waals surface area contributed by atoms with Crippen LogP contribution in [0.3, 0.4) is 0 Å². The maximum atomic E-state index is 10.9. The summed E-state index contributed by atoms with van der Waals surface area (Å²) in [6.45, 7) is 3.58. The van der Waals surface area contributed by atoms with Crippen LogP contribution >= 0.6 is 0 Å². The van der Waals surface area contributed by atoms with Gasteiger partial charge in [-0.25, -0.2) is 9.78 Å². The molecule has 5 nitrogen and oxygen atoms in total. The maximum absolute atomic E-state index is 10.9. The highest BCUT2D eigenvalue weighted by Crippen LogP contribution is 2.19. The summed E-state index contributed by atoms with van der Waals surface area (Å²) >= 11 is 0. The standard InChI is InChI=1S/C9H11N3O2/c1-6(2)8(9(13)14)12-4-3-11-7(12)5-10/h3-4,6,8H,1-2H3,(H,13,14). The maximum Gasteiger partial charge on any atom is 0.327 e. The summed E-state index contributed by atoms with van der Waals surface area (Å²) in [7, 11) is 0. The molecule has 14 heavy (non-hydrogen) atoms. The molecule has 1 heterocycles. The van der Waals surface area contributed by atoms with Gasteiger partial charge in [0.1, 0.15) is 12.1 Å². The third-order valence-corrected chi connectivity index (χ3v) is 1.95. The SMILES string of the molecule is CC(C)C(C(=O)O)n1ccnc1C#N. The Morgan fingerprint density at radius 2 is 2.36 bits per heavy atom. The molecule has 0 aliphatic heterocycles. The Bertz CT molecular complexity index is 376. The van der Waals surface area contributed by atoms with E-state index >= 15 is 0 Å². The number of rotatable bonds is 3. The van der Waals surface area contributed by atoms with Crippen molar-refractivity contribution in [2.24, 2.45) is 5.92 Å². The molecule has 0 spiro atoms. The minimum absolute atomic E-state index is 0.0891. The van der Waals surface area contributed by atoms with E-state index in [9.17, 15) is 4.79 Å². The van der Waals surface area contributed by atoms with Gasteiger partial charge in [-0.1, -0.05) is 13.8 Å². The third kappa shape index (κ3) is 1.74. The van der Waals surface area contributed by atoms with Crippen LogP contribution in [0.2, 0.25) is 0 Å². The molecule has 1 unspecified atom stereocenters. The molecule has 0 aliphatic carbocycles. The minimum Gasteiger partial charge on any atom is -0.480 e. The molecule has 1 aromatic rings. The summed E-state index contributed by atoms with van der Waals surface area (Å²) in [6, 6.07) is 1.12. The number of hydrogen-bond donors (Lipinski definition) is 1. The molecule has 1 aromatic heterocycles. The number of nitriles is 1. The van der Waals surface area contributed by atoms with Crippen molar-refractivity contribution in [3.05, 3.63) is 18.2 Å². The average Bonchev–Trinajstić information content (AvgIpc) is 2.51. The number of aliphatic carboxylic acids is 1. The summed E-state index contributed by atoms with van der Waals surface area (Å²) in [5.41, 5.74) is 0. The van der Waals surface area contributed by atoms with Gasteiger partial charge in [-0.2, -0.15) is 5.26 Å². The molecule has 0 amide bonds. The number of aromatic nitrogens is 2. The van der Waals surface area contributed by atoms with E-state index in [0.29, 0.717) is 0 Å². The molecule has 5 heteroatoms. The lowest BCUT2D eigenvalue weighted by Gasteiger charge is -2.17. The van der Waals surface area contributed by atoms with Crippen molar-refractivity contribution in [1.82, 2.24) is 9.55 Å². The first-order chi connectivity index (χ1) is 6.57. The number of carbonyl (C=O) groups is 1. The average molecular weight is 193 g/mol. The zero-order valence-electron chi connectivity index (χ0n) is 8.01. The largest absolute Gasteiger partial charge is 0.480 e. The second-order valence-corrected chi connectivity index (χ2v) is 3.30. The van der Waals surface area contributed by atoms with Gasteiger partial charge in [0, 0.05) is 12.4 Å². The number of carboxylic acids is 1. The monoisotopic (exact) mass is 193 g/mol. The Morgan fingerprint density at radius 3 is 2.79 bits per heavy atom. The minimum atomic E-state index is -0.950. The Kier molecular flexibility index (Phi) is 2.87. The zero-order valence-corrected chi connectivity index (χ0v) is 8.01. The van der Waals surface area contributed by atoms with E-state index in [1.54, 1.807) is 13.8 Å². The van der Waals surface area contributed by atoms with Crippen LogP contribution in [0.5, 0.6) is 0 Å². The molecule has 0 saturated heterocycles. The van der Waals surface area contributed by atoms with Gasteiger partial charge in [0.15, 0.2) is 0 Å². The fourth-order valence-electron chi connectivity index (χ4n) is 1.35. The molecular weight excluding hydrogens is 182 g/mol. The second kappa shape index (κ2) is 3.92. The van der Waals surface area contributed by atoms with Crippen molar-refractivity contribution < 1.29 is 9.90 Å². The first kappa shape index (κ1) is 10.3. The van der Waals surface area contributed by atoms with Crippen molar-refractivity contribution in [1.29, 1.82) is 5.26 Å². The molecule has 74 valence electrons.